The first-order valence-electron chi connectivity index (χ1n) is 6.34. The van der Waals surface area contributed by atoms with Gasteiger partial charge in [-0.2, -0.15) is 5.10 Å². The van der Waals surface area contributed by atoms with Gasteiger partial charge in [0.15, 0.2) is 0 Å². The van der Waals surface area contributed by atoms with E-state index < -0.39 is 0 Å². The van der Waals surface area contributed by atoms with E-state index in [1.807, 2.05) is 11.7 Å². The van der Waals surface area contributed by atoms with Crippen LogP contribution >= 0.6 is 15.9 Å². The lowest BCUT2D eigenvalue weighted by Crippen LogP contribution is -2.13. The van der Waals surface area contributed by atoms with Gasteiger partial charge in [0.2, 0.25) is 0 Å². The predicted molar refractivity (Wildman–Crippen MR) is 75.0 cm³/mol. The van der Waals surface area contributed by atoms with E-state index >= 15 is 0 Å². The third kappa shape index (κ3) is 2.99. The van der Waals surface area contributed by atoms with E-state index in [4.69, 9.17) is 0 Å². The largest absolute Gasteiger partial charge is 0.316 e. The van der Waals surface area contributed by atoms with Gasteiger partial charge >= 0.3 is 0 Å². The Labute approximate surface area is 111 Å². The van der Waals surface area contributed by atoms with Gasteiger partial charge in [-0.15, -0.1) is 0 Å². The van der Waals surface area contributed by atoms with Gasteiger partial charge in [-0.3, -0.25) is 4.68 Å². The number of aryl methyl sites for hydroxylation is 2. The summed E-state index contributed by atoms with van der Waals surface area (Å²) >= 11 is 3.67. The van der Waals surface area contributed by atoms with E-state index in [-0.39, 0.29) is 0 Å². The normalized spacial score (nSPS) is 19.6. The molecule has 17 heavy (non-hydrogen) atoms. The third-order valence-corrected chi connectivity index (χ3v) is 4.11. The molecule has 0 radical (unpaired) electrons. The van der Waals surface area contributed by atoms with Crippen LogP contribution in [0.2, 0.25) is 0 Å². The summed E-state index contributed by atoms with van der Waals surface area (Å²) < 4.78 is 3.14. The average Bonchev–Trinajstić information content (AvgIpc) is 2.53. The predicted octanol–water partition coefficient (Wildman–Crippen LogP) is 2.90. The van der Waals surface area contributed by atoms with Gasteiger partial charge in [0.05, 0.1) is 15.9 Å². The Morgan fingerprint density at radius 3 is 2.94 bits per heavy atom. The molecule has 0 atom stereocenters. The molecule has 0 amide bonds. The Morgan fingerprint density at radius 2 is 2.24 bits per heavy atom. The molecule has 2 rings (SSSR count). The first kappa shape index (κ1) is 12.8. The monoisotopic (exact) mass is 297 g/mol. The zero-order valence-corrected chi connectivity index (χ0v) is 12.2. The average molecular weight is 298 g/mol. The maximum atomic E-state index is 4.53. The minimum Gasteiger partial charge on any atom is -0.316 e. The Bertz CT molecular complexity index is 411. The lowest BCUT2D eigenvalue weighted by Gasteiger charge is -2.03. The van der Waals surface area contributed by atoms with Gasteiger partial charge in [-0.1, -0.05) is 12.5 Å². The highest BCUT2D eigenvalue weighted by Crippen LogP contribution is 2.25. The van der Waals surface area contributed by atoms with Crippen LogP contribution in [0.4, 0.5) is 0 Å². The summed E-state index contributed by atoms with van der Waals surface area (Å²) in [5, 5.41) is 7.96. The number of aromatic nitrogens is 2. The molecular formula is C13H20BrN3. The van der Waals surface area contributed by atoms with Crippen LogP contribution < -0.4 is 5.32 Å². The molecule has 1 saturated heterocycles. The maximum absolute atomic E-state index is 4.53. The lowest BCUT2D eigenvalue weighted by molar-refractivity contribution is 0.703. The highest BCUT2D eigenvalue weighted by Gasteiger charge is 2.12. The standard InChI is InChI=1S/C13H20BrN3/c1-3-11-13(14)12(17(2)16-11)9-10-5-4-7-15-8-6-10/h9,15H,3-8H2,1-2H3/b10-9-. The topological polar surface area (TPSA) is 29.9 Å². The fraction of sp³-hybridized carbons (Fsp3) is 0.615. The van der Waals surface area contributed by atoms with Crippen molar-refractivity contribution in [2.75, 3.05) is 13.1 Å². The number of hydrogen-bond acceptors (Lipinski definition) is 2. The second kappa shape index (κ2) is 5.83. The first-order valence-corrected chi connectivity index (χ1v) is 7.13. The van der Waals surface area contributed by atoms with Crippen molar-refractivity contribution in [3.05, 3.63) is 21.4 Å². The van der Waals surface area contributed by atoms with E-state index in [0.29, 0.717) is 0 Å². The van der Waals surface area contributed by atoms with Crippen molar-refractivity contribution in [3.63, 3.8) is 0 Å². The van der Waals surface area contributed by atoms with Crippen molar-refractivity contribution in [3.8, 4) is 0 Å². The highest BCUT2D eigenvalue weighted by molar-refractivity contribution is 9.10. The smallest absolute Gasteiger partial charge is 0.0770 e. The van der Waals surface area contributed by atoms with Crippen molar-refractivity contribution in [2.24, 2.45) is 7.05 Å². The minimum atomic E-state index is 0.971. The van der Waals surface area contributed by atoms with E-state index in [1.165, 1.54) is 24.1 Å². The van der Waals surface area contributed by atoms with Crippen LogP contribution in [0.3, 0.4) is 0 Å². The van der Waals surface area contributed by atoms with Crippen LogP contribution in [-0.2, 0) is 13.5 Å². The zero-order chi connectivity index (χ0) is 12.3. The Hall–Kier alpha value is -0.610. The number of halogens is 1. The summed E-state index contributed by atoms with van der Waals surface area (Å²) in [5.41, 5.74) is 3.88. The molecule has 1 aromatic heterocycles. The molecule has 2 heterocycles. The summed E-state index contributed by atoms with van der Waals surface area (Å²) in [6.07, 6.45) is 6.87. The van der Waals surface area contributed by atoms with Gasteiger partial charge in [0, 0.05) is 7.05 Å². The van der Waals surface area contributed by atoms with Crippen molar-refractivity contribution < 1.29 is 0 Å². The third-order valence-electron chi connectivity index (χ3n) is 3.25. The molecule has 94 valence electrons. The number of nitrogens with one attached hydrogen (secondary N) is 1. The van der Waals surface area contributed by atoms with E-state index in [2.05, 4.69) is 39.3 Å². The van der Waals surface area contributed by atoms with Gasteiger partial charge in [-0.05, 0) is 60.8 Å². The van der Waals surface area contributed by atoms with Crippen molar-refractivity contribution in [1.82, 2.24) is 15.1 Å². The molecular weight excluding hydrogens is 278 g/mol. The Morgan fingerprint density at radius 1 is 1.41 bits per heavy atom. The molecule has 0 saturated carbocycles. The molecule has 0 aromatic carbocycles. The minimum absolute atomic E-state index is 0.971. The summed E-state index contributed by atoms with van der Waals surface area (Å²) in [4.78, 5) is 0. The molecule has 0 bridgehead atoms. The summed E-state index contributed by atoms with van der Waals surface area (Å²) in [5.74, 6) is 0. The quantitative estimate of drug-likeness (QED) is 0.910. The zero-order valence-electron chi connectivity index (χ0n) is 10.6. The lowest BCUT2D eigenvalue weighted by atomic mass is 10.1. The van der Waals surface area contributed by atoms with Crippen LogP contribution in [0.1, 0.15) is 37.6 Å². The van der Waals surface area contributed by atoms with Crippen molar-refractivity contribution >= 4 is 22.0 Å². The molecule has 1 aliphatic rings. The van der Waals surface area contributed by atoms with Gasteiger partial charge < -0.3 is 5.32 Å². The van der Waals surface area contributed by atoms with Gasteiger partial charge in [-0.25, -0.2) is 0 Å². The summed E-state index contributed by atoms with van der Waals surface area (Å²) in [7, 11) is 2.02. The molecule has 1 aliphatic heterocycles. The van der Waals surface area contributed by atoms with E-state index in [1.54, 1.807) is 0 Å². The van der Waals surface area contributed by atoms with Crippen molar-refractivity contribution in [1.29, 1.82) is 0 Å². The van der Waals surface area contributed by atoms with Gasteiger partial charge in [0.1, 0.15) is 0 Å². The summed E-state index contributed by atoms with van der Waals surface area (Å²) in [6.45, 7) is 4.38. The SMILES string of the molecule is CCc1nn(C)c(/C=C2/CCCNCC2)c1Br. The molecule has 1 N–H and O–H groups in total. The van der Waals surface area contributed by atoms with Crippen molar-refractivity contribution in [2.45, 2.75) is 32.6 Å². The molecule has 1 fully saturated rings. The number of nitrogens with zero attached hydrogens (tertiary/aromatic N) is 2. The second-order valence-corrected chi connectivity index (χ2v) is 5.32. The molecule has 0 spiro atoms. The van der Waals surface area contributed by atoms with Crippen LogP contribution in [0.5, 0.6) is 0 Å². The fourth-order valence-corrected chi connectivity index (χ4v) is 2.96. The van der Waals surface area contributed by atoms with E-state index in [9.17, 15) is 0 Å². The molecule has 3 nitrogen and oxygen atoms in total. The molecule has 0 aliphatic carbocycles. The molecule has 0 unspecified atom stereocenters. The highest BCUT2D eigenvalue weighted by atomic mass is 79.9. The molecule has 1 aromatic rings. The number of rotatable bonds is 2. The second-order valence-electron chi connectivity index (χ2n) is 4.53. The van der Waals surface area contributed by atoms with Crippen LogP contribution in [-0.4, -0.2) is 22.9 Å². The first-order chi connectivity index (χ1) is 8.22. The number of hydrogen-bond donors (Lipinski definition) is 1. The summed E-state index contributed by atoms with van der Waals surface area (Å²) in [6, 6.07) is 0. The van der Waals surface area contributed by atoms with Crippen LogP contribution in [0.15, 0.2) is 10.0 Å². The maximum Gasteiger partial charge on any atom is 0.0770 e. The molecule has 4 heteroatoms. The Balaban J connectivity index is 2.27. The fourth-order valence-electron chi connectivity index (χ4n) is 2.23. The van der Waals surface area contributed by atoms with Crippen LogP contribution in [0.25, 0.3) is 6.08 Å². The van der Waals surface area contributed by atoms with E-state index in [0.717, 1.165) is 36.1 Å². The Kier molecular flexibility index (Phi) is 4.40. The van der Waals surface area contributed by atoms with Crippen LogP contribution in [0, 0.1) is 0 Å². The van der Waals surface area contributed by atoms with Gasteiger partial charge in [0.25, 0.3) is 0 Å².